The normalized spacial score (nSPS) is 26.4. The molecule has 1 atom stereocenters. The van der Waals surface area contributed by atoms with Gasteiger partial charge in [-0.3, -0.25) is 4.90 Å². The Morgan fingerprint density at radius 3 is 3.00 bits per heavy atom. The molecular formula is C11H18N4O. The van der Waals surface area contributed by atoms with Gasteiger partial charge in [-0.15, -0.1) is 0 Å². The van der Waals surface area contributed by atoms with E-state index in [1.165, 1.54) is 32.4 Å². The molecule has 0 spiro atoms. The molecule has 1 aromatic rings. The summed E-state index contributed by atoms with van der Waals surface area (Å²) < 4.78 is 4.94. The molecule has 5 heteroatoms. The minimum Gasteiger partial charge on any atom is -0.340 e. The number of rotatable bonds is 4. The van der Waals surface area contributed by atoms with E-state index in [1.807, 2.05) is 6.92 Å². The van der Waals surface area contributed by atoms with E-state index in [2.05, 4.69) is 20.4 Å². The largest absolute Gasteiger partial charge is 0.340 e. The second-order valence-electron chi connectivity index (χ2n) is 4.82. The molecule has 2 heterocycles. The van der Waals surface area contributed by atoms with Crippen LogP contribution in [0.3, 0.4) is 0 Å². The van der Waals surface area contributed by atoms with E-state index in [0.717, 1.165) is 18.4 Å². The fourth-order valence-electron chi connectivity index (χ4n) is 2.37. The van der Waals surface area contributed by atoms with E-state index in [-0.39, 0.29) is 0 Å². The summed E-state index contributed by atoms with van der Waals surface area (Å²) in [6, 6.07) is 1.48. The Labute approximate surface area is 95.2 Å². The van der Waals surface area contributed by atoms with Gasteiger partial charge in [-0.25, -0.2) is 0 Å². The first kappa shape index (κ1) is 10.2. The molecule has 1 aliphatic heterocycles. The van der Waals surface area contributed by atoms with Gasteiger partial charge >= 0.3 is 0 Å². The van der Waals surface area contributed by atoms with Crippen molar-refractivity contribution in [2.75, 3.05) is 13.1 Å². The third-order valence-corrected chi connectivity index (χ3v) is 3.40. The highest BCUT2D eigenvalue weighted by molar-refractivity contribution is 4.93. The molecule has 0 radical (unpaired) electrons. The lowest BCUT2D eigenvalue weighted by molar-refractivity contribution is 0.316. The third kappa shape index (κ3) is 2.25. The predicted molar refractivity (Wildman–Crippen MR) is 58.9 cm³/mol. The van der Waals surface area contributed by atoms with Crippen LogP contribution in [0.4, 0.5) is 0 Å². The Bertz CT molecular complexity index is 361. The average Bonchev–Trinajstić information content (AvgIpc) is 2.87. The van der Waals surface area contributed by atoms with Crippen LogP contribution in [0, 0.1) is 6.92 Å². The second-order valence-corrected chi connectivity index (χ2v) is 4.82. The minimum absolute atomic E-state index is 0.597. The van der Waals surface area contributed by atoms with E-state index < -0.39 is 0 Å². The van der Waals surface area contributed by atoms with Crippen molar-refractivity contribution in [2.24, 2.45) is 0 Å². The summed E-state index contributed by atoms with van der Waals surface area (Å²) >= 11 is 0. The molecule has 0 amide bonds. The fourth-order valence-corrected chi connectivity index (χ4v) is 2.37. The van der Waals surface area contributed by atoms with Crippen LogP contribution >= 0.6 is 0 Å². The first-order chi connectivity index (χ1) is 7.81. The van der Waals surface area contributed by atoms with Crippen LogP contribution in [0.25, 0.3) is 0 Å². The molecule has 0 aromatic carbocycles. The zero-order valence-corrected chi connectivity index (χ0v) is 9.65. The van der Waals surface area contributed by atoms with E-state index in [1.54, 1.807) is 0 Å². The maximum Gasteiger partial charge on any atom is 0.223 e. The van der Waals surface area contributed by atoms with Crippen LogP contribution in [0.2, 0.25) is 0 Å². The first-order valence-corrected chi connectivity index (χ1v) is 6.08. The number of aromatic nitrogens is 2. The van der Waals surface area contributed by atoms with Crippen molar-refractivity contribution in [1.29, 1.82) is 0 Å². The molecule has 1 unspecified atom stereocenters. The SMILES string of the molecule is Cc1nc(CNC2CCN(C3CC3)C2)no1. The van der Waals surface area contributed by atoms with Gasteiger partial charge in [-0.1, -0.05) is 5.16 Å². The van der Waals surface area contributed by atoms with E-state index in [9.17, 15) is 0 Å². The highest BCUT2D eigenvalue weighted by Gasteiger charge is 2.34. The zero-order chi connectivity index (χ0) is 11.0. The standard InChI is InChI=1S/C11H18N4O/c1-8-13-11(14-16-8)6-12-9-4-5-15(7-9)10-2-3-10/h9-10,12H,2-7H2,1H3. The van der Waals surface area contributed by atoms with Crippen molar-refractivity contribution in [3.63, 3.8) is 0 Å². The maximum atomic E-state index is 4.94. The smallest absolute Gasteiger partial charge is 0.223 e. The quantitative estimate of drug-likeness (QED) is 0.813. The summed E-state index contributed by atoms with van der Waals surface area (Å²) in [4.78, 5) is 6.78. The average molecular weight is 222 g/mol. The van der Waals surface area contributed by atoms with Crippen molar-refractivity contribution < 1.29 is 4.52 Å². The monoisotopic (exact) mass is 222 g/mol. The summed E-state index contributed by atoms with van der Waals surface area (Å²) in [6.07, 6.45) is 4.04. The zero-order valence-electron chi connectivity index (χ0n) is 9.65. The summed E-state index contributed by atoms with van der Waals surface area (Å²) in [5, 5.41) is 7.38. The van der Waals surface area contributed by atoms with Gasteiger partial charge < -0.3 is 9.84 Å². The van der Waals surface area contributed by atoms with Crippen molar-refractivity contribution in [2.45, 2.75) is 44.8 Å². The molecule has 1 aliphatic carbocycles. The Balaban J connectivity index is 1.45. The molecule has 0 bridgehead atoms. The van der Waals surface area contributed by atoms with Crippen LogP contribution in [0.1, 0.15) is 31.0 Å². The minimum atomic E-state index is 0.597. The third-order valence-electron chi connectivity index (χ3n) is 3.40. The highest BCUT2D eigenvalue weighted by atomic mass is 16.5. The number of likely N-dealkylation sites (tertiary alicyclic amines) is 1. The number of nitrogens with one attached hydrogen (secondary N) is 1. The number of hydrogen-bond donors (Lipinski definition) is 1. The van der Waals surface area contributed by atoms with Crippen LogP contribution in [-0.2, 0) is 6.54 Å². The van der Waals surface area contributed by atoms with Gasteiger partial charge in [0.1, 0.15) is 0 Å². The highest BCUT2D eigenvalue weighted by Crippen LogP contribution is 2.29. The second kappa shape index (κ2) is 4.14. The molecule has 1 saturated carbocycles. The lowest BCUT2D eigenvalue weighted by Gasteiger charge is -2.14. The Morgan fingerprint density at radius 1 is 1.44 bits per heavy atom. The Kier molecular flexibility index (Phi) is 2.65. The van der Waals surface area contributed by atoms with Gasteiger partial charge in [0.05, 0.1) is 6.54 Å². The van der Waals surface area contributed by atoms with Crippen LogP contribution in [0.5, 0.6) is 0 Å². The number of hydrogen-bond acceptors (Lipinski definition) is 5. The van der Waals surface area contributed by atoms with Crippen molar-refractivity contribution in [1.82, 2.24) is 20.4 Å². The van der Waals surface area contributed by atoms with Gasteiger partial charge in [0.25, 0.3) is 0 Å². The van der Waals surface area contributed by atoms with Crippen LogP contribution in [-0.4, -0.2) is 40.2 Å². The lowest BCUT2D eigenvalue weighted by Crippen LogP contribution is -2.33. The number of aryl methyl sites for hydroxylation is 1. The van der Waals surface area contributed by atoms with E-state index >= 15 is 0 Å². The Morgan fingerprint density at radius 2 is 2.31 bits per heavy atom. The van der Waals surface area contributed by atoms with Gasteiger partial charge in [-0.2, -0.15) is 4.98 Å². The van der Waals surface area contributed by atoms with Crippen LogP contribution < -0.4 is 5.32 Å². The number of nitrogens with zero attached hydrogens (tertiary/aromatic N) is 3. The van der Waals surface area contributed by atoms with Gasteiger partial charge in [-0.05, 0) is 19.3 Å². The lowest BCUT2D eigenvalue weighted by atomic mass is 10.2. The van der Waals surface area contributed by atoms with Crippen molar-refractivity contribution in [3.05, 3.63) is 11.7 Å². The molecule has 5 nitrogen and oxygen atoms in total. The fraction of sp³-hybridized carbons (Fsp3) is 0.818. The van der Waals surface area contributed by atoms with Gasteiger partial charge in [0.15, 0.2) is 5.82 Å². The summed E-state index contributed by atoms with van der Waals surface area (Å²) in [5.74, 6) is 1.41. The predicted octanol–water partition coefficient (Wildman–Crippen LogP) is 0.704. The first-order valence-electron chi connectivity index (χ1n) is 6.08. The summed E-state index contributed by atoms with van der Waals surface area (Å²) in [6.45, 7) is 4.97. The summed E-state index contributed by atoms with van der Waals surface area (Å²) in [7, 11) is 0. The molecule has 16 heavy (non-hydrogen) atoms. The van der Waals surface area contributed by atoms with E-state index in [4.69, 9.17) is 4.52 Å². The van der Waals surface area contributed by atoms with E-state index in [0.29, 0.717) is 11.9 Å². The van der Waals surface area contributed by atoms with Crippen molar-refractivity contribution in [3.8, 4) is 0 Å². The molecule has 1 saturated heterocycles. The molecule has 1 aromatic heterocycles. The molecular weight excluding hydrogens is 204 g/mol. The van der Waals surface area contributed by atoms with Crippen molar-refractivity contribution >= 4 is 0 Å². The molecule has 3 rings (SSSR count). The maximum absolute atomic E-state index is 4.94. The molecule has 1 N–H and O–H groups in total. The summed E-state index contributed by atoms with van der Waals surface area (Å²) in [5.41, 5.74) is 0. The van der Waals surface area contributed by atoms with Gasteiger partial charge in [0, 0.05) is 32.1 Å². The van der Waals surface area contributed by atoms with Crippen LogP contribution in [0.15, 0.2) is 4.52 Å². The Hall–Kier alpha value is -0.940. The molecule has 2 aliphatic rings. The molecule has 88 valence electrons. The topological polar surface area (TPSA) is 54.2 Å². The molecule has 2 fully saturated rings. The van der Waals surface area contributed by atoms with Gasteiger partial charge in [0.2, 0.25) is 5.89 Å².